The van der Waals surface area contributed by atoms with Gasteiger partial charge in [0.25, 0.3) is 0 Å². The lowest BCUT2D eigenvalue weighted by Gasteiger charge is -2.20. The topological polar surface area (TPSA) is 96.3 Å². The van der Waals surface area contributed by atoms with Crippen LogP contribution in [0.25, 0.3) is 0 Å². The van der Waals surface area contributed by atoms with E-state index in [-0.39, 0.29) is 11.8 Å². The third kappa shape index (κ3) is 3.69. The highest BCUT2D eigenvalue weighted by atomic mass is 16.5. The lowest BCUT2D eigenvalue weighted by Crippen LogP contribution is -2.15. The minimum Gasteiger partial charge on any atom is -0.497 e. The van der Waals surface area contributed by atoms with Gasteiger partial charge in [0, 0.05) is 6.07 Å². The Labute approximate surface area is 142 Å². The summed E-state index contributed by atoms with van der Waals surface area (Å²) in [4.78, 5) is 8.07. The zero-order chi connectivity index (χ0) is 17.9. The molecule has 0 aliphatic carbocycles. The molecule has 0 unspecified atom stereocenters. The fraction of sp³-hybridized carbons (Fsp3) is 0.333. The summed E-state index contributed by atoms with van der Waals surface area (Å²) in [6.07, 6.45) is 0. The minimum atomic E-state index is -0.456. The van der Waals surface area contributed by atoms with Gasteiger partial charge in [-0.05, 0) is 38.5 Å². The van der Waals surface area contributed by atoms with Gasteiger partial charge in [-0.2, -0.15) is 4.98 Å². The highest BCUT2D eigenvalue weighted by molar-refractivity contribution is 5.56. The van der Waals surface area contributed by atoms with Gasteiger partial charge in [0.2, 0.25) is 5.95 Å². The normalized spacial score (nSPS) is 10.7. The molecule has 0 fully saturated rings. The Morgan fingerprint density at radius 1 is 1.00 bits per heavy atom. The van der Waals surface area contributed by atoms with E-state index in [1.807, 2.05) is 32.0 Å². The number of nitrogens with zero attached hydrogens (tertiary/aromatic N) is 2. The summed E-state index contributed by atoms with van der Waals surface area (Å²) in [5, 5.41) is 0. The standard InChI is InChI=1S/C18H22N4O2/c1-11-15(16(19)22-17(20)21-11)6-7-18(2,3)12-8-13(23-4)10-14(9-12)24-5/h8-10H,1-5H3,(H4,19,20,21,22). The predicted octanol–water partition coefficient (Wildman–Crippen LogP) is 2.30. The first-order valence-electron chi connectivity index (χ1n) is 7.43. The predicted molar refractivity (Wildman–Crippen MR) is 95.0 cm³/mol. The lowest BCUT2D eigenvalue weighted by atomic mass is 9.85. The molecule has 2 rings (SSSR count). The molecule has 24 heavy (non-hydrogen) atoms. The van der Waals surface area contributed by atoms with Gasteiger partial charge in [0.05, 0.1) is 30.9 Å². The average molecular weight is 326 g/mol. The number of benzene rings is 1. The molecular formula is C18H22N4O2. The third-order valence-electron chi connectivity index (χ3n) is 3.71. The van der Waals surface area contributed by atoms with Crippen LogP contribution in [0.2, 0.25) is 0 Å². The molecule has 0 amide bonds. The smallest absolute Gasteiger partial charge is 0.222 e. The van der Waals surface area contributed by atoms with Crippen LogP contribution in [0, 0.1) is 18.8 Å². The third-order valence-corrected chi connectivity index (χ3v) is 3.71. The van der Waals surface area contributed by atoms with Gasteiger partial charge in [0.15, 0.2) is 0 Å². The monoisotopic (exact) mass is 326 g/mol. The number of methoxy groups -OCH3 is 2. The van der Waals surface area contributed by atoms with Gasteiger partial charge in [0.1, 0.15) is 17.3 Å². The van der Waals surface area contributed by atoms with E-state index in [4.69, 9.17) is 20.9 Å². The maximum absolute atomic E-state index is 5.91. The van der Waals surface area contributed by atoms with Gasteiger partial charge in [-0.25, -0.2) is 4.98 Å². The Morgan fingerprint density at radius 3 is 2.08 bits per heavy atom. The summed E-state index contributed by atoms with van der Waals surface area (Å²) in [5.74, 6) is 8.18. The molecule has 6 heteroatoms. The van der Waals surface area contributed by atoms with E-state index in [1.165, 1.54) is 0 Å². The fourth-order valence-corrected chi connectivity index (χ4v) is 2.23. The van der Waals surface area contributed by atoms with Crippen LogP contribution in [0.15, 0.2) is 18.2 Å². The number of anilines is 2. The van der Waals surface area contributed by atoms with E-state index < -0.39 is 5.41 Å². The van der Waals surface area contributed by atoms with Crippen molar-refractivity contribution >= 4 is 11.8 Å². The molecule has 0 aliphatic rings. The minimum absolute atomic E-state index is 0.146. The van der Waals surface area contributed by atoms with Crippen LogP contribution in [0.4, 0.5) is 11.8 Å². The van der Waals surface area contributed by atoms with Gasteiger partial charge >= 0.3 is 0 Å². The van der Waals surface area contributed by atoms with Crippen molar-refractivity contribution in [2.24, 2.45) is 0 Å². The number of rotatable bonds is 3. The Kier molecular flexibility index (Phi) is 4.84. The van der Waals surface area contributed by atoms with E-state index in [9.17, 15) is 0 Å². The van der Waals surface area contributed by atoms with Crippen LogP contribution in [-0.2, 0) is 5.41 Å². The summed E-state index contributed by atoms with van der Waals surface area (Å²) in [7, 11) is 3.24. The number of aryl methyl sites for hydroxylation is 1. The lowest BCUT2D eigenvalue weighted by molar-refractivity contribution is 0.392. The molecule has 0 aliphatic heterocycles. The molecule has 6 nitrogen and oxygen atoms in total. The molecule has 1 heterocycles. The molecule has 1 aromatic carbocycles. The highest BCUT2D eigenvalue weighted by Crippen LogP contribution is 2.31. The number of ether oxygens (including phenoxy) is 2. The molecule has 0 bridgehead atoms. The maximum atomic E-state index is 5.91. The van der Waals surface area contributed by atoms with Crippen molar-refractivity contribution in [3.63, 3.8) is 0 Å². The second-order valence-corrected chi connectivity index (χ2v) is 5.90. The van der Waals surface area contributed by atoms with E-state index in [0.717, 1.165) is 5.56 Å². The maximum Gasteiger partial charge on any atom is 0.222 e. The van der Waals surface area contributed by atoms with Crippen molar-refractivity contribution in [1.29, 1.82) is 0 Å². The second-order valence-electron chi connectivity index (χ2n) is 5.90. The molecular weight excluding hydrogens is 304 g/mol. The zero-order valence-electron chi connectivity index (χ0n) is 14.6. The van der Waals surface area contributed by atoms with Crippen LogP contribution in [0.1, 0.15) is 30.7 Å². The van der Waals surface area contributed by atoms with Crippen LogP contribution in [0.3, 0.4) is 0 Å². The Balaban J connectivity index is 2.47. The van der Waals surface area contributed by atoms with Crippen molar-refractivity contribution in [3.8, 4) is 23.3 Å². The first-order chi connectivity index (χ1) is 11.3. The first kappa shape index (κ1) is 17.4. The van der Waals surface area contributed by atoms with Crippen molar-refractivity contribution in [2.45, 2.75) is 26.2 Å². The summed E-state index contributed by atoms with van der Waals surface area (Å²) in [6.45, 7) is 5.83. The average Bonchev–Trinajstić information content (AvgIpc) is 2.53. The molecule has 0 saturated heterocycles. The fourth-order valence-electron chi connectivity index (χ4n) is 2.23. The summed E-state index contributed by atoms with van der Waals surface area (Å²) in [6, 6.07) is 5.70. The molecule has 1 aromatic heterocycles. The van der Waals surface area contributed by atoms with Gasteiger partial charge in [-0.1, -0.05) is 11.8 Å². The Hall–Kier alpha value is -2.94. The molecule has 2 aromatic rings. The Morgan fingerprint density at radius 2 is 1.58 bits per heavy atom. The van der Waals surface area contributed by atoms with Crippen LogP contribution < -0.4 is 20.9 Å². The van der Waals surface area contributed by atoms with Gasteiger partial charge < -0.3 is 20.9 Å². The number of aromatic nitrogens is 2. The van der Waals surface area contributed by atoms with Crippen molar-refractivity contribution in [1.82, 2.24) is 9.97 Å². The van der Waals surface area contributed by atoms with Crippen LogP contribution >= 0.6 is 0 Å². The zero-order valence-corrected chi connectivity index (χ0v) is 14.6. The van der Waals surface area contributed by atoms with Gasteiger partial charge in [-0.3, -0.25) is 0 Å². The van der Waals surface area contributed by atoms with E-state index in [0.29, 0.717) is 22.8 Å². The number of hydrogen-bond donors (Lipinski definition) is 2. The highest BCUT2D eigenvalue weighted by Gasteiger charge is 2.20. The van der Waals surface area contributed by atoms with E-state index in [2.05, 4.69) is 21.8 Å². The molecule has 0 radical (unpaired) electrons. The van der Waals surface area contributed by atoms with E-state index in [1.54, 1.807) is 21.1 Å². The Bertz CT molecular complexity index is 774. The quantitative estimate of drug-likeness (QED) is 0.840. The van der Waals surface area contributed by atoms with Crippen LogP contribution in [-0.4, -0.2) is 24.2 Å². The summed E-state index contributed by atoms with van der Waals surface area (Å²) < 4.78 is 10.6. The molecule has 4 N–H and O–H groups in total. The number of nitrogen functional groups attached to an aromatic ring is 2. The van der Waals surface area contributed by atoms with Crippen molar-refractivity contribution < 1.29 is 9.47 Å². The number of hydrogen-bond acceptors (Lipinski definition) is 6. The van der Waals surface area contributed by atoms with Crippen molar-refractivity contribution in [3.05, 3.63) is 35.0 Å². The van der Waals surface area contributed by atoms with Gasteiger partial charge in [-0.15, -0.1) is 0 Å². The van der Waals surface area contributed by atoms with Crippen LogP contribution in [0.5, 0.6) is 11.5 Å². The SMILES string of the molecule is COc1cc(OC)cc(C(C)(C)C#Cc2c(C)nc(N)nc2N)c1. The van der Waals surface area contributed by atoms with Crippen molar-refractivity contribution in [2.75, 3.05) is 25.7 Å². The number of nitrogens with two attached hydrogens (primary N) is 2. The molecule has 0 saturated carbocycles. The molecule has 126 valence electrons. The molecule has 0 spiro atoms. The van der Waals surface area contributed by atoms with E-state index >= 15 is 0 Å². The summed E-state index contributed by atoms with van der Waals surface area (Å²) >= 11 is 0. The molecule has 0 atom stereocenters. The second kappa shape index (κ2) is 6.67. The summed E-state index contributed by atoms with van der Waals surface area (Å²) in [5.41, 5.74) is 13.3. The first-order valence-corrected chi connectivity index (χ1v) is 7.43. The largest absolute Gasteiger partial charge is 0.497 e.